The standard InChI is InChI=1S/C22H25N3O5/c1-16(17-9-4-2-5-10-17)23-20(27)15-30-21(28)14-8-13-19(26)24-25-22(29)18-11-6-3-7-12-18/h2-7,9-12,16H,8,13-15H2,1H3,(H,23,27)(H,24,26)(H,25,29)/t16-/m1/s1. The summed E-state index contributed by atoms with van der Waals surface area (Å²) < 4.78 is 4.93. The highest BCUT2D eigenvalue weighted by molar-refractivity contribution is 5.95. The number of benzene rings is 2. The SMILES string of the molecule is C[C@@H](NC(=O)COC(=O)CCCC(=O)NNC(=O)c1ccccc1)c1ccccc1. The molecule has 0 aliphatic heterocycles. The van der Waals surface area contributed by atoms with Crippen LogP contribution in [0.25, 0.3) is 0 Å². The molecule has 8 heteroatoms. The van der Waals surface area contributed by atoms with Gasteiger partial charge in [-0.05, 0) is 31.0 Å². The lowest BCUT2D eigenvalue weighted by Gasteiger charge is -2.14. The molecule has 1 atom stereocenters. The van der Waals surface area contributed by atoms with Crippen LogP contribution >= 0.6 is 0 Å². The zero-order chi connectivity index (χ0) is 21.8. The number of amides is 3. The molecule has 0 aliphatic carbocycles. The summed E-state index contributed by atoms with van der Waals surface area (Å²) in [5, 5.41) is 2.75. The summed E-state index contributed by atoms with van der Waals surface area (Å²) in [6.45, 7) is 1.46. The van der Waals surface area contributed by atoms with Crippen molar-refractivity contribution in [2.75, 3.05) is 6.61 Å². The average Bonchev–Trinajstić information content (AvgIpc) is 2.77. The molecule has 0 heterocycles. The zero-order valence-corrected chi connectivity index (χ0v) is 16.7. The number of ether oxygens (including phenoxy) is 1. The van der Waals surface area contributed by atoms with Gasteiger partial charge in [0.05, 0.1) is 6.04 Å². The molecule has 0 saturated heterocycles. The van der Waals surface area contributed by atoms with Crippen LogP contribution in [0.2, 0.25) is 0 Å². The Morgan fingerprint density at radius 3 is 2.13 bits per heavy atom. The molecule has 8 nitrogen and oxygen atoms in total. The van der Waals surface area contributed by atoms with Crippen molar-refractivity contribution in [3.05, 3.63) is 71.8 Å². The molecule has 2 rings (SSSR count). The number of nitrogens with one attached hydrogen (secondary N) is 3. The number of carbonyl (C=O) groups excluding carboxylic acids is 4. The summed E-state index contributed by atoms with van der Waals surface area (Å²) in [6.07, 6.45) is 0.247. The Hall–Kier alpha value is -3.68. The van der Waals surface area contributed by atoms with Crippen LogP contribution in [0.1, 0.15) is 48.1 Å². The quantitative estimate of drug-likeness (QED) is 0.432. The molecular weight excluding hydrogens is 386 g/mol. The molecule has 3 N–H and O–H groups in total. The largest absolute Gasteiger partial charge is 0.456 e. The maximum Gasteiger partial charge on any atom is 0.306 e. The van der Waals surface area contributed by atoms with Gasteiger partial charge in [-0.3, -0.25) is 30.0 Å². The second kappa shape index (κ2) is 12.0. The molecule has 0 unspecified atom stereocenters. The normalized spacial score (nSPS) is 11.1. The Labute approximate surface area is 175 Å². The average molecular weight is 411 g/mol. The van der Waals surface area contributed by atoms with Gasteiger partial charge in [0.1, 0.15) is 0 Å². The first-order valence-electron chi connectivity index (χ1n) is 9.60. The van der Waals surface area contributed by atoms with E-state index in [9.17, 15) is 19.2 Å². The van der Waals surface area contributed by atoms with E-state index in [1.165, 1.54) is 0 Å². The lowest BCUT2D eigenvalue weighted by Crippen LogP contribution is -2.41. The third-order valence-corrected chi connectivity index (χ3v) is 4.18. The smallest absolute Gasteiger partial charge is 0.306 e. The van der Waals surface area contributed by atoms with Gasteiger partial charge >= 0.3 is 5.97 Å². The Bertz CT molecular complexity index is 856. The number of hydrazine groups is 1. The van der Waals surface area contributed by atoms with E-state index in [1.807, 2.05) is 37.3 Å². The van der Waals surface area contributed by atoms with Crippen LogP contribution in [0.3, 0.4) is 0 Å². The lowest BCUT2D eigenvalue weighted by molar-refractivity contribution is -0.148. The molecule has 158 valence electrons. The Morgan fingerprint density at radius 1 is 0.833 bits per heavy atom. The number of rotatable bonds is 9. The topological polar surface area (TPSA) is 114 Å². The second-order valence-electron chi connectivity index (χ2n) is 6.58. The van der Waals surface area contributed by atoms with Gasteiger partial charge in [0.15, 0.2) is 6.61 Å². The van der Waals surface area contributed by atoms with Gasteiger partial charge < -0.3 is 10.1 Å². The lowest BCUT2D eigenvalue weighted by atomic mass is 10.1. The van der Waals surface area contributed by atoms with E-state index in [-0.39, 0.29) is 31.9 Å². The van der Waals surface area contributed by atoms with Crippen molar-refractivity contribution < 1.29 is 23.9 Å². The first-order valence-corrected chi connectivity index (χ1v) is 9.60. The fraction of sp³-hybridized carbons (Fsp3) is 0.273. The highest BCUT2D eigenvalue weighted by atomic mass is 16.5. The minimum Gasteiger partial charge on any atom is -0.456 e. The number of hydrogen-bond acceptors (Lipinski definition) is 5. The highest BCUT2D eigenvalue weighted by Crippen LogP contribution is 2.10. The summed E-state index contributed by atoms with van der Waals surface area (Å²) >= 11 is 0. The molecule has 30 heavy (non-hydrogen) atoms. The molecule has 0 aromatic heterocycles. The van der Waals surface area contributed by atoms with E-state index < -0.39 is 23.7 Å². The summed E-state index contributed by atoms with van der Waals surface area (Å²) in [6, 6.07) is 17.7. The molecule has 0 saturated carbocycles. The fourth-order valence-electron chi connectivity index (χ4n) is 2.57. The van der Waals surface area contributed by atoms with Gasteiger partial charge in [-0.2, -0.15) is 0 Å². The van der Waals surface area contributed by atoms with E-state index in [4.69, 9.17) is 4.74 Å². The van der Waals surface area contributed by atoms with Gasteiger partial charge in [0, 0.05) is 18.4 Å². The van der Waals surface area contributed by atoms with E-state index in [1.54, 1.807) is 30.3 Å². The molecule has 2 aromatic carbocycles. The van der Waals surface area contributed by atoms with Gasteiger partial charge in [-0.15, -0.1) is 0 Å². The van der Waals surface area contributed by atoms with Crippen LogP contribution < -0.4 is 16.2 Å². The maximum atomic E-state index is 11.9. The highest BCUT2D eigenvalue weighted by Gasteiger charge is 2.12. The van der Waals surface area contributed by atoms with Crippen molar-refractivity contribution in [1.29, 1.82) is 0 Å². The molecule has 0 radical (unpaired) electrons. The summed E-state index contributed by atoms with van der Waals surface area (Å²) in [7, 11) is 0. The van der Waals surface area contributed by atoms with E-state index in [2.05, 4.69) is 16.2 Å². The minimum atomic E-state index is -0.571. The zero-order valence-electron chi connectivity index (χ0n) is 16.7. The maximum absolute atomic E-state index is 11.9. The first kappa shape index (κ1) is 22.6. The monoisotopic (exact) mass is 411 g/mol. The van der Waals surface area contributed by atoms with Crippen LogP contribution in [0, 0.1) is 0 Å². The molecular formula is C22H25N3O5. The number of hydrogen-bond donors (Lipinski definition) is 3. The summed E-state index contributed by atoms with van der Waals surface area (Å²) in [4.78, 5) is 47.2. The third-order valence-electron chi connectivity index (χ3n) is 4.18. The van der Waals surface area contributed by atoms with Crippen LogP contribution in [-0.2, 0) is 19.1 Å². The van der Waals surface area contributed by atoms with Crippen LogP contribution in [0.4, 0.5) is 0 Å². The number of carbonyl (C=O) groups is 4. The van der Waals surface area contributed by atoms with Crippen molar-refractivity contribution in [2.24, 2.45) is 0 Å². The van der Waals surface area contributed by atoms with Crippen molar-refractivity contribution in [3.8, 4) is 0 Å². The summed E-state index contributed by atoms with van der Waals surface area (Å²) in [5.41, 5.74) is 5.95. The Kier molecular flexibility index (Phi) is 9.05. The fourth-order valence-corrected chi connectivity index (χ4v) is 2.57. The molecule has 0 aliphatic rings. The van der Waals surface area contributed by atoms with Gasteiger partial charge in [-0.1, -0.05) is 48.5 Å². The predicted octanol–water partition coefficient (Wildman–Crippen LogP) is 2.04. The number of esters is 1. The van der Waals surface area contributed by atoms with Gasteiger partial charge in [-0.25, -0.2) is 0 Å². The second-order valence-corrected chi connectivity index (χ2v) is 6.58. The van der Waals surface area contributed by atoms with Gasteiger partial charge in [0.2, 0.25) is 5.91 Å². The van der Waals surface area contributed by atoms with Crippen molar-refractivity contribution in [3.63, 3.8) is 0 Å². The van der Waals surface area contributed by atoms with E-state index in [0.29, 0.717) is 5.56 Å². The third kappa shape index (κ3) is 8.14. The van der Waals surface area contributed by atoms with E-state index in [0.717, 1.165) is 5.56 Å². The predicted molar refractivity (Wildman–Crippen MR) is 110 cm³/mol. The molecule has 0 spiro atoms. The van der Waals surface area contributed by atoms with Crippen LogP contribution in [0.15, 0.2) is 60.7 Å². The molecule has 0 fully saturated rings. The summed E-state index contributed by atoms with van der Waals surface area (Å²) in [5.74, 6) is -1.83. The van der Waals surface area contributed by atoms with Crippen molar-refractivity contribution >= 4 is 23.7 Å². The van der Waals surface area contributed by atoms with Crippen molar-refractivity contribution in [2.45, 2.75) is 32.2 Å². The minimum absolute atomic E-state index is 0.0123. The Morgan fingerprint density at radius 2 is 1.47 bits per heavy atom. The van der Waals surface area contributed by atoms with Crippen LogP contribution in [-0.4, -0.2) is 30.3 Å². The Balaban J connectivity index is 1.57. The first-order chi connectivity index (χ1) is 14.5. The molecule has 0 bridgehead atoms. The van der Waals surface area contributed by atoms with Gasteiger partial charge in [0.25, 0.3) is 11.8 Å². The van der Waals surface area contributed by atoms with Crippen LogP contribution in [0.5, 0.6) is 0 Å². The molecule has 2 aromatic rings. The van der Waals surface area contributed by atoms with Crippen molar-refractivity contribution in [1.82, 2.24) is 16.2 Å². The van der Waals surface area contributed by atoms with E-state index >= 15 is 0 Å². The molecule has 3 amide bonds.